The number of para-hydroxylation sites is 3. The molecular formula is C62H45N3Si2. The van der Waals surface area contributed by atoms with Crippen molar-refractivity contribution in [3.05, 3.63) is 278 Å². The van der Waals surface area contributed by atoms with E-state index >= 15 is 0 Å². The van der Waals surface area contributed by atoms with E-state index in [1.54, 1.807) is 0 Å². The molecule has 0 bridgehead atoms. The lowest BCUT2D eigenvalue weighted by atomic mass is 9.93. The van der Waals surface area contributed by atoms with Crippen LogP contribution in [0.2, 0.25) is 0 Å². The van der Waals surface area contributed by atoms with Crippen LogP contribution in [-0.4, -0.2) is 25.6 Å². The molecular weight excluding hydrogens is 843 g/mol. The van der Waals surface area contributed by atoms with Gasteiger partial charge in [-0.05, 0) is 64.8 Å². The molecule has 67 heavy (non-hydrogen) atoms. The molecule has 0 amide bonds. The Hall–Kier alpha value is -8.10. The van der Waals surface area contributed by atoms with Crippen LogP contribution in [0.5, 0.6) is 0 Å². The molecule has 1 unspecified atom stereocenters. The maximum absolute atomic E-state index is 5.29. The average molecular weight is 888 g/mol. The van der Waals surface area contributed by atoms with Crippen molar-refractivity contribution in [3.63, 3.8) is 0 Å². The molecule has 2 aliphatic rings. The van der Waals surface area contributed by atoms with Crippen LogP contribution in [0.15, 0.2) is 272 Å². The van der Waals surface area contributed by atoms with Crippen molar-refractivity contribution in [1.82, 2.24) is 4.57 Å². The second-order valence-electron chi connectivity index (χ2n) is 17.8. The summed E-state index contributed by atoms with van der Waals surface area (Å²) < 4.78 is 2.51. The highest BCUT2D eigenvalue weighted by molar-refractivity contribution is 7.67. The number of fused-ring (bicyclic) bond motifs is 8. The zero-order valence-electron chi connectivity index (χ0n) is 36.8. The van der Waals surface area contributed by atoms with Gasteiger partial charge in [-0.3, -0.25) is 4.90 Å². The van der Waals surface area contributed by atoms with E-state index < -0.39 is 15.2 Å². The van der Waals surface area contributed by atoms with Crippen molar-refractivity contribution in [1.29, 1.82) is 0 Å². The molecule has 1 aromatic heterocycles. The molecule has 0 spiro atoms. The van der Waals surface area contributed by atoms with Crippen LogP contribution in [0.1, 0.15) is 17.0 Å². The summed E-state index contributed by atoms with van der Waals surface area (Å²) in [5.74, 6) is 1.19. The molecule has 0 radical (unpaired) electrons. The van der Waals surface area contributed by atoms with Gasteiger partial charge in [0.2, 0.25) is 0 Å². The third-order valence-corrected chi connectivity index (χ3v) is 31.4. The number of hydrogen-bond acceptors (Lipinski definition) is 2. The number of benzene rings is 10. The maximum atomic E-state index is 5.29. The highest BCUT2D eigenvalue weighted by atomic mass is 29.3. The highest BCUT2D eigenvalue weighted by Gasteiger charge is 2.61. The molecule has 3 nitrogen and oxygen atoms in total. The molecule has 2 aliphatic heterocycles. The van der Waals surface area contributed by atoms with Gasteiger partial charge in [-0.15, -0.1) is 0 Å². The third-order valence-electron chi connectivity index (χ3n) is 14.5. The van der Waals surface area contributed by atoms with Crippen molar-refractivity contribution < 1.29 is 0 Å². The van der Waals surface area contributed by atoms with Crippen molar-refractivity contribution in [2.75, 3.05) is 4.90 Å². The fraction of sp³-hybridized carbons (Fsp3) is 0.0161. The van der Waals surface area contributed by atoms with Crippen LogP contribution in [-0.2, 0) is 0 Å². The van der Waals surface area contributed by atoms with E-state index in [9.17, 15) is 0 Å². The maximum Gasteiger partial charge on any atom is 0.154 e. The van der Waals surface area contributed by atoms with Crippen LogP contribution in [0.3, 0.4) is 0 Å². The van der Waals surface area contributed by atoms with E-state index in [0.29, 0.717) is 0 Å². The minimum absolute atomic E-state index is 0.115. The van der Waals surface area contributed by atoms with Gasteiger partial charge in [-0.25, -0.2) is 4.99 Å². The summed E-state index contributed by atoms with van der Waals surface area (Å²) in [6.07, 6.45) is 0. The summed E-state index contributed by atoms with van der Waals surface area (Å²) in [7, 11) is -6.31. The standard InChI is InChI=1S/C62H45N3Si2/c1-6-24-47(25-7-1)66(48-26-8-2-9-27-48,49-28-10-3-11-29-49)67(50-30-12-4-13-31-50,51-32-14-5-15-33-51)52-34-22-23-45(43-52)64-58-39-20-17-35-53(58)56-44-46(41-42-60(56)64)65-59-40-21-18-37-55(59)61-54-36-16-19-38-57(54)63-62(61)65/h1-44,61H. The van der Waals surface area contributed by atoms with Crippen molar-refractivity contribution >= 4 is 91.0 Å². The molecule has 10 aromatic carbocycles. The van der Waals surface area contributed by atoms with Gasteiger partial charge >= 0.3 is 0 Å². The molecule has 0 aliphatic carbocycles. The molecule has 11 aromatic rings. The molecule has 1 atom stereocenters. The normalized spacial score (nSPS) is 14.2. The second kappa shape index (κ2) is 15.8. The van der Waals surface area contributed by atoms with Crippen molar-refractivity contribution in [2.45, 2.75) is 5.92 Å². The van der Waals surface area contributed by atoms with Crippen molar-refractivity contribution in [3.8, 4) is 5.69 Å². The third kappa shape index (κ3) is 5.78. The Morgan fingerprint density at radius 1 is 0.328 bits per heavy atom. The molecule has 0 saturated carbocycles. The van der Waals surface area contributed by atoms with Crippen LogP contribution in [0.4, 0.5) is 17.1 Å². The van der Waals surface area contributed by atoms with Gasteiger partial charge in [0.05, 0.1) is 28.3 Å². The summed E-state index contributed by atoms with van der Waals surface area (Å²) in [5, 5.41) is 10.8. The summed E-state index contributed by atoms with van der Waals surface area (Å²) in [6.45, 7) is 0. The number of aromatic nitrogens is 1. The predicted molar refractivity (Wildman–Crippen MR) is 286 cm³/mol. The fourth-order valence-corrected chi connectivity index (χ4v) is 31.5. The zero-order chi connectivity index (χ0) is 44.4. The first-order chi connectivity index (χ1) is 33.3. The Labute approximate surface area is 393 Å². The number of amidine groups is 1. The lowest BCUT2D eigenvalue weighted by Gasteiger charge is -2.50. The van der Waals surface area contributed by atoms with E-state index in [0.717, 1.165) is 22.9 Å². The van der Waals surface area contributed by atoms with Crippen molar-refractivity contribution in [2.24, 2.45) is 4.99 Å². The number of hydrogen-bond donors (Lipinski definition) is 0. The van der Waals surface area contributed by atoms with E-state index in [1.165, 1.54) is 69.7 Å². The van der Waals surface area contributed by atoms with Gasteiger partial charge in [-0.1, -0.05) is 244 Å². The first-order valence-corrected chi connectivity index (χ1v) is 28.2. The summed E-state index contributed by atoms with van der Waals surface area (Å²) in [6, 6.07) is 101. The van der Waals surface area contributed by atoms with Crippen LogP contribution in [0, 0.1) is 0 Å². The Balaban J connectivity index is 1.09. The lowest BCUT2D eigenvalue weighted by Crippen LogP contribution is -2.94. The number of aliphatic imine (C=N–C) groups is 1. The average Bonchev–Trinajstić information content (AvgIpc) is 4.06. The summed E-state index contributed by atoms with van der Waals surface area (Å²) in [4.78, 5) is 7.69. The minimum atomic E-state index is -3.20. The number of nitrogens with zero attached hydrogens (tertiary/aromatic N) is 3. The van der Waals surface area contributed by atoms with Crippen LogP contribution in [0.25, 0.3) is 27.5 Å². The lowest BCUT2D eigenvalue weighted by molar-refractivity contribution is 1.15. The SMILES string of the molecule is c1ccc([Si](c2ccccc2)(c2ccccc2)[Si](c2ccccc2)(c2ccccc2)c2cccc(-n3c4ccccc4c4cc(N5C6=Nc7ccccc7C6c6ccccc65)ccc43)c2)cc1. The van der Waals surface area contributed by atoms with E-state index in [1.807, 2.05) is 0 Å². The topological polar surface area (TPSA) is 20.5 Å². The molecule has 5 heteroatoms. The molecule has 0 N–H and O–H groups in total. The first kappa shape index (κ1) is 39.3. The smallest absolute Gasteiger partial charge is 0.154 e. The predicted octanol–water partition coefficient (Wildman–Crippen LogP) is 10.8. The second-order valence-corrected chi connectivity index (χ2v) is 28.8. The number of anilines is 2. The van der Waals surface area contributed by atoms with Gasteiger partial charge in [0, 0.05) is 22.1 Å². The molecule has 13 rings (SSSR count). The van der Waals surface area contributed by atoms with E-state index in [2.05, 4.69) is 276 Å². The van der Waals surface area contributed by atoms with Gasteiger partial charge in [0.1, 0.15) is 5.84 Å². The fourth-order valence-electron chi connectivity index (χ4n) is 12.0. The monoisotopic (exact) mass is 887 g/mol. The number of rotatable bonds is 9. The summed E-state index contributed by atoms with van der Waals surface area (Å²) in [5.41, 5.74) is 9.46. The quantitative estimate of drug-likeness (QED) is 0.104. The van der Waals surface area contributed by atoms with E-state index in [4.69, 9.17) is 4.99 Å². The molecule has 316 valence electrons. The Bertz CT molecular complexity index is 3510. The van der Waals surface area contributed by atoms with Gasteiger partial charge in [0.25, 0.3) is 0 Å². The first-order valence-electron chi connectivity index (χ1n) is 23.2. The Morgan fingerprint density at radius 2 is 0.791 bits per heavy atom. The highest BCUT2D eigenvalue weighted by Crippen LogP contribution is 2.52. The minimum Gasteiger partial charge on any atom is -0.309 e. The van der Waals surface area contributed by atoms with Crippen LogP contribution < -0.4 is 36.0 Å². The molecule has 0 saturated heterocycles. The van der Waals surface area contributed by atoms with Gasteiger partial charge in [-0.2, -0.15) is 0 Å². The van der Waals surface area contributed by atoms with Gasteiger partial charge in [0.15, 0.2) is 15.2 Å². The summed E-state index contributed by atoms with van der Waals surface area (Å²) >= 11 is 0. The van der Waals surface area contributed by atoms with E-state index in [-0.39, 0.29) is 5.92 Å². The largest absolute Gasteiger partial charge is 0.309 e. The molecule has 0 fully saturated rings. The Kier molecular flexibility index (Phi) is 9.27. The van der Waals surface area contributed by atoms with Gasteiger partial charge < -0.3 is 4.57 Å². The van der Waals surface area contributed by atoms with Crippen LogP contribution >= 0.6 is 0 Å². The zero-order valence-corrected chi connectivity index (χ0v) is 38.8. The Morgan fingerprint density at radius 3 is 1.39 bits per heavy atom. The molecule has 3 heterocycles.